The number of piperidine rings is 1. The molecule has 32 heavy (non-hydrogen) atoms. The van der Waals surface area contributed by atoms with Gasteiger partial charge in [-0.25, -0.2) is 9.97 Å². The highest BCUT2D eigenvalue weighted by molar-refractivity contribution is 5.78. The average molecular weight is 437 g/mol. The Morgan fingerprint density at radius 3 is 2.75 bits per heavy atom. The number of nitrogens with zero attached hydrogens (tertiary/aromatic N) is 4. The van der Waals surface area contributed by atoms with E-state index in [0.717, 1.165) is 30.3 Å². The van der Waals surface area contributed by atoms with Crippen molar-refractivity contribution in [2.75, 3.05) is 33.4 Å². The minimum Gasteiger partial charge on any atom is -0.494 e. The van der Waals surface area contributed by atoms with Gasteiger partial charge >= 0.3 is 0 Å². The number of aryl methyl sites for hydroxylation is 1. The molecule has 1 aromatic carbocycles. The van der Waals surface area contributed by atoms with Crippen LogP contribution >= 0.6 is 0 Å². The Kier molecular flexibility index (Phi) is 7.05. The van der Waals surface area contributed by atoms with Crippen molar-refractivity contribution < 1.29 is 9.47 Å². The Balaban J connectivity index is 1.46. The minimum atomic E-state index is -0.128. The van der Waals surface area contributed by atoms with Crippen molar-refractivity contribution in [2.24, 2.45) is 5.92 Å². The first-order valence-corrected chi connectivity index (χ1v) is 11.5. The largest absolute Gasteiger partial charge is 0.494 e. The second kappa shape index (κ2) is 10.1. The van der Waals surface area contributed by atoms with Gasteiger partial charge in [0.25, 0.3) is 5.56 Å². The minimum absolute atomic E-state index is 0.128. The number of fused-ring (bicyclic) bond motifs is 1. The van der Waals surface area contributed by atoms with Gasteiger partial charge in [-0.2, -0.15) is 0 Å². The van der Waals surface area contributed by atoms with Crippen LogP contribution in [0.5, 0.6) is 11.6 Å². The number of aromatic nitrogens is 3. The van der Waals surface area contributed by atoms with Crippen LogP contribution in [0.4, 0.5) is 0 Å². The number of ether oxygens (including phenoxy) is 2. The van der Waals surface area contributed by atoms with Crippen molar-refractivity contribution in [3.63, 3.8) is 0 Å². The maximum atomic E-state index is 13.2. The maximum Gasteiger partial charge on any atom is 0.266 e. The molecular weight excluding hydrogens is 404 g/mol. The monoisotopic (exact) mass is 436 g/mol. The number of methoxy groups -OCH3 is 1. The second-order valence-corrected chi connectivity index (χ2v) is 8.51. The van der Waals surface area contributed by atoms with Crippen LogP contribution in [0.3, 0.4) is 0 Å². The molecule has 0 N–H and O–H groups in total. The molecule has 1 aliphatic heterocycles. The van der Waals surface area contributed by atoms with E-state index in [1.54, 1.807) is 16.8 Å². The van der Waals surface area contributed by atoms with E-state index in [2.05, 4.69) is 21.8 Å². The van der Waals surface area contributed by atoms with Crippen molar-refractivity contribution in [1.29, 1.82) is 0 Å². The lowest BCUT2D eigenvalue weighted by Gasteiger charge is -2.30. The fraction of sp³-hybridized carbons (Fsp3) is 0.480. The number of hydrogen-bond acceptors (Lipinski definition) is 6. The topological polar surface area (TPSA) is 69.5 Å². The highest BCUT2D eigenvalue weighted by Crippen LogP contribution is 2.20. The first kappa shape index (κ1) is 22.3. The maximum absolute atomic E-state index is 13.2. The van der Waals surface area contributed by atoms with Gasteiger partial charge < -0.3 is 14.4 Å². The number of benzene rings is 1. The van der Waals surface area contributed by atoms with Crippen molar-refractivity contribution in [3.05, 3.63) is 52.7 Å². The molecule has 0 saturated carbocycles. The fourth-order valence-corrected chi connectivity index (χ4v) is 4.39. The van der Waals surface area contributed by atoms with Crippen LogP contribution in [-0.2, 0) is 6.42 Å². The second-order valence-electron chi connectivity index (χ2n) is 8.51. The van der Waals surface area contributed by atoms with Crippen molar-refractivity contribution in [1.82, 2.24) is 19.4 Å². The highest BCUT2D eigenvalue weighted by atomic mass is 16.5. The predicted molar refractivity (Wildman–Crippen MR) is 126 cm³/mol. The van der Waals surface area contributed by atoms with Crippen LogP contribution in [0, 0.1) is 5.92 Å². The van der Waals surface area contributed by atoms with E-state index in [9.17, 15) is 4.79 Å². The lowest BCUT2D eigenvalue weighted by atomic mass is 10.0. The summed E-state index contributed by atoms with van der Waals surface area (Å²) in [6.07, 6.45) is 5.87. The van der Waals surface area contributed by atoms with Gasteiger partial charge in [0.1, 0.15) is 11.6 Å². The Hall–Kier alpha value is -2.93. The average Bonchev–Trinajstić information content (AvgIpc) is 2.82. The van der Waals surface area contributed by atoms with E-state index in [1.807, 2.05) is 31.2 Å². The lowest BCUT2D eigenvalue weighted by Crippen LogP contribution is -2.35. The zero-order chi connectivity index (χ0) is 22.5. The lowest BCUT2D eigenvalue weighted by molar-refractivity contribution is 0.170. The molecule has 0 bridgehead atoms. The van der Waals surface area contributed by atoms with Gasteiger partial charge in [-0.1, -0.05) is 13.8 Å². The van der Waals surface area contributed by atoms with E-state index in [4.69, 9.17) is 9.47 Å². The molecule has 0 aliphatic carbocycles. The third kappa shape index (κ3) is 4.93. The van der Waals surface area contributed by atoms with E-state index >= 15 is 0 Å². The summed E-state index contributed by atoms with van der Waals surface area (Å²) in [6, 6.07) is 9.30. The van der Waals surface area contributed by atoms with Gasteiger partial charge in [-0.3, -0.25) is 9.36 Å². The zero-order valence-corrected chi connectivity index (χ0v) is 19.2. The third-order valence-electron chi connectivity index (χ3n) is 6.05. The standard InChI is InChI=1S/C25H32N4O3/c1-4-23-27-22-16-26-24(31-3)15-21(22)25(30)29(23)19-8-10-20(11-9-19)32-14-6-13-28-12-5-7-18(2)17-28/h8-11,15-16,18H,4-7,12-14,17H2,1-3H3/t18-/m0/s1. The Morgan fingerprint density at radius 2 is 2.03 bits per heavy atom. The third-order valence-corrected chi connectivity index (χ3v) is 6.05. The first-order valence-electron chi connectivity index (χ1n) is 11.5. The molecule has 170 valence electrons. The van der Waals surface area contributed by atoms with Crippen LogP contribution in [0.25, 0.3) is 16.6 Å². The molecule has 7 heteroatoms. The summed E-state index contributed by atoms with van der Waals surface area (Å²) in [5.41, 5.74) is 1.22. The van der Waals surface area contributed by atoms with E-state index < -0.39 is 0 Å². The Bertz CT molecular complexity index is 1110. The number of hydrogen-bond donors (Lipinski definition) is 0. The molecule has 1 saturated heterocycles. The summed E-state index contributed by atoms with van der Waals surface area (Å²) >= 11 is 0. The number of rotatable bonds is 8. The first-order chi connectivity index (χ1) is 15.6. The smallest absolute Gasteiger partial charge is 0.266 e. The zero-order valence-electron chi connectivity index (χ0n) is 19.2. The summed E-state index contributed by atoms with van der Waals surface area (Å²) < 4.78 is 12.8. The van der Waals surface area contributed by atoms with Crippen LogP contribution in [0.15, 0.2) is 41.3 Å². The molecule has 3 aromatic rings. The van der Waals surface area contributed by atoms with E-state index in [0.29, 0.717) is 35.6 Å². The van der Waals surface area contributed by atoms with Crippen molar-refractivity contribution in [2.45, 2.75) is 39.5 Å². The molecule has 0 radical (unpaired) electrons. The van der Waals surface area contributed by atoms with Gasteiger partial charge in [0.15, 0.2) is 0 Å². The van der Waals surface area contributed by atoms with Gasteiger partial charge in [0.2, 0.25) is 5.88 Å². The summed E-state index contributed by atoms with van der Waals surface area (Å²) in [5, 5.41) is 0.487. The number of pyridine rings is 1. The Labute approximate surface area is 189 Å². The fourth-order valence-electron chi connectivity index (χ4n) is 4.39. The summed E-state index contributed by atoms with van der Waals surface area (Å²) in [7, 11) is 1.53. The van der Waals surface area contributed by atoms with E-state index in [1.165, 1.54) is 33.0 Å². The summed E-state index contributed by atoms with van der Waals surface area (Å²) in [4.78, 5) is 24.6. The molecule has 1 aliphatic rings. The van der Waals surface area contributed by atoms with Crippen molar-refractivity contribution >= 4 is 10.9 Å². The van der Waals surface area contributed by atoms with Gasteiger partial charge in [0, 0.05) is 25.6 Å². The molecule has 4 rings (SSSR count). The van der Waals surface area contributed by atoms with Gasteiger partial charge in [-0.05, 0) is 56.0 Å². The molecule has 7 nitrogen and oxygen atoms in total. The van der Waals surface area contributed by atoms with Gasteiger partial charge in [-0.15, -0.1) is 0 Å². The van der Waals surface area contributed by atoms with Crippen LogP contribution < -0.4 is 15.0 Å². The Morgan fingerprint density at radius 1 is 1.22 bits per heavy atom. The quantitative estimate of drug-likeness (QED) is 0.500. The normalized spacial score (nSPS) is 16.9. The molecule has 2 aromatic heterocycles. The number of likely N-dealkylation sites (tertiary alicyclic amines) is 1. The molecule has 1 fully saturated rings. The molecule has 0 spiro atoms. The summed E-state index contributed by atoms with van der Waals surface area (Å²) in [5.74, 6) is 2.70. The van der Waals surface area contributed by atoms with E-state index in [-0.39, 0.29) is 5.56 Å². The predicted octanol–water partition coefficient (Wildman–Crippen LogP) is 3.85. The molecular formula is C25H32N4O3. The van der Waals surface area contributed by atoms with Crippen LogP contribution in [0.2, 0.25) is 0 Å². The van der Waals surface area contributed by atoms with Gasteiger partial charge in [0.05, 0.1) is 36.5 Å². The SMILES string of the molecule is CCc1nc2cnc(OC)cc2c(=O)n1-c1ccc(OCCCN2CCC[C@H](C)C2)cc1. The van der Waals surface area contributed by atoms with Crippen LogP contribution in [-0.4, -0.2) is 52.8 Å². The highest BCUT2D eigenvalue weighted by Gasteiger charge is 2.16. The van der Waals surface area contributed by atoms with Crippen LogP contribution in [0.1, 0.15) is 38.9 Å². The summed E-state index contributed by atoms with van der Waals surface area (Å²) in [6.45, 7) is 8.49. The molecule has 0 amide bonds. The molecule has 1 atom stereocenters. The molecule has 0 unspecified atom stereocenters. The molecule has 3 heterocycles. The van der Waals surface area contributed by atoms with Crippen molar-refractivity contribution in [3.8, 4) is 17.3 Å².